The van der Waals surface area contributed by atoms with Crippen molar-refractivity contribution in [3.63, 3.8) is 0 Å². The molecule has 0 saturated heterocycles. The lowest BCUT2D eigenvalue weighted by Gasteiger charge is -2.45. The Bertz CT molecular complexity index is 794. The first-order valence-electron chi connectivity index (χ1n) is 6.94. The summed E-state index contributed by atoms with van der Waals surface area (Å²) in [6.45, 7) is 2.19. The van der Waals surface area contributed by atoms with E-state index in [-0.39, 0.29) is 10.5 Å². The molecule has 8 heteroatoms. The fraction of sp³-hybridized carbons (Fsp3) is 0.429. The van der Waals surface area contributed by atoms with Crippen molar-refractivity contribution in [2.24, 2.45) is 11.1 Å². The third kappa shape index (κ3) is 2.53. The van der Waals surface area contributed by atoms with E-state index in [0.717, 1.165) is 18.4 Å². The number of primary sulfonamides is 1. The molecule has 0 atom stereocenters. The van der Waals surface area contributed by atoms with E-state index < -0.39 is 10.0 Å². The lowest BCUT2D eigenvalue weighted by molar-refractivity contribution is -0.107. The maximum absolute atomic E-state index is 11.3. The van der Waals surface area contributed by atoms with Gasteiger partial charge in [0.1, 0.15) is 4.90 Å². The summed E-state index contributed by atoms with van der Waals surface area (Å²) in [5, 5.41) is 9.11. The molecule has 0 amide bonds. The molecule has 3 rings (SSSR count). The fourth-order valence-corrected chi connectivity index (χ4v) is 3.43. The molecular weight excluding hydrogens is 304 g/mol. The summed E-state index contributed by atoms with van der Waals surface area (Å²) in [6.07, 6.45) is 6.14. The Kier molecular flexibility index (Phi) is 3.54. The zero-order valence-corrected chi connectivity index (χ0v) is 13.2. The van der Waals surface area contributed by atoms with Gasteiger partial charge in [0.15, 0.2) is 5.82 Å². The summed E-state index contributed by atoms with van der Waals surface area (Å²) in [5.74, 6) is 1.15. The molecule has 0 unspecified atom stereocenters. The Morgan fingerprint density at radius 2 is 2.18 bits per heavy atom. The molecule has 0 aliphatic heterocycles. The van der Waals surface area contributed by atoms with Crippen LogP contribution in [0, 0.1) is 5.92 Å². The van der Waals surface area contributed by atoms with Gasteiger partial charge >= 0.3 is 0 Å². The van der Waals surface area contributed by atoms with Crippen LogP contribution in [0.4, 0.5) is 0 Å². The van der Waals surface area contributed by atoms with Gasteiger partial charge in [-0.1, -0.05) is 6.92 Å². The number of aromatic nitrogens is 3. The van der Waals surface area contributed by atoms with Gasteiger partial charge < -0.3 is 4.74 Å². The van der Waals surface area contributed by atoms with Crippen LogP contribution in [0.25, 0.3) is 5.82 Å². The number of rotatable bonds is 4. The topological polar surface area (TPSA) is 100 Å². The molecule has 0 bridgehead atoms. The number of nitrogens with zero attached hydrogens (tertiary/aromatic N) is 3. The molecule has 1 aliphatic rings. The Morgan fingerprint density at radius 1 is 1.45 bits per heavy atom. The number of hydrogen-bond donors (Lipinski definition) is 1. The van der Waals surface area contributed by atoms with E-state index in [1.54, 1.807) is 13.3 Å². The van der Waals surface area contributed by atoms with Crippen LogP contribution < -0.4 is 5.14 Å². The average molecular weight is 322 g/mol. The predicted octanol–water partition coefficient (Wildman–Crippen LogP) is 1.19. The van der Waals surface area contributed by atoms with Crippen molar-refractivity contribution in [3.8, 4) is 5.82 Å². The predicted molar refractivity (Wildman–Crippen MR) is 79.8 cm³/mol. The number of hydrogen-bond acceptors (Lipinski definition) is 5. The van der Waals surface area contributed by atoms with Crippen molar-refractivity contribution < 1.29 is 13.2 Å². The second kappa shape index (κ2) is 5.15. The number of pyridine rings is 1. The normalized spacial score (nSPS) is 25.0. The van der Waals surface area contributed by atoms with Crippen LogP contribution in [0.2, 0.25) is 0 Å². The first kappa shape index (κ1) is 15.1. The largest absolute Gasteiger partial charge is 0.374 e. The van der Waals surface area contributed by atoms with E-state index in [9.17, 15) is 8.42 Å². The quantitative estimate of drug-likeness (QED) is 0.911. The van der Waals surface area contributed by atoms with E-state index in [1.165, 1.54) is 17.1 Å². The summed E-state index contributed by atoms with van der Waals surface area (Å²) in [5.41, 5.74) is 0.735. The fourth-order valence-electron chi connectivity index (χ4n) is 2.99. The minimum absolute atomic E-state index is 0.0431. The van der Waals surface area contributed by atoms with Crippen LogP contribution >= 0.6 is 0 Å². The smallest absolute Gasteiger partial charge is 0.241 e. The van der Waals surface area contributed by atoms with E-state index in [1.807, 2.05) is 12.1 Å². The molecule has 7 nitrogen and oxygen atoms in total. The highest BCUT2D eigenvalue weighted by molar-refractivity contribution is 7.89. The van der Waals surface area contributed by atoms with Gasteiger partial charge in [0.05, 0.1) is 18.0 Å². The Labute approximate surface area is 129 Å². The van der Waals surface area contributed by atoms with Gasteiger partial charge in [-0.2, -0.15) is 5.10 Å². The minimum atomic E-state index is -3.77. The maximum Gasteiger partial charge on any atom is 0.241 e. The zero-order valence-electron chi connectivity index (χ0n) is 12.4. The Morgan fingerprint density at radius 3 is 2.73 bits per heavy atom. The molecule has 1 saturated carbocycles. The third-order valence-corrected chi connectivity index (χ3v) is 5.01. The van der Waals surface area contributed by atoms with Crippen molar-refractivity contribution in [2.45, 2.75) is 30.3 Å². The van der Waals surface area contributed by atoms with Gasteiger partial charge in [0.25, 0.3) is 0 Å². The summed E-state index contributed by atoms with van der Waals surface area (Å²) >= 11 is 0. The van der Waals surface area contributed by atoms with Crippen LogP contribution in [0.5, 0.6) is 0 Å². The van der Waals surface area contributed by atoms with Crippen molar-refractivity contribution in [1.82, 2.24) is 14.8 Å². The summed E-state index contributed by atoms with van der Waals surface area (Å²) in [4.78, 5) is 4.20. The highest BCUT2D eigenvalue weighted by atomic mass is 32.2. The number of nitrogens with two attached hydrogens (primary N) is 1. The summed E-state index contributed by atoms with van der Waals surface area (Å²) < 4.78 is 29.8. The molecule has 0 radical (unpaired) electrons. The number of ether oxygens (including phenoxy) is 1. The van der Waals surface area contributed by atoms with Crippen molar-refractivity contribution in [1.29, 1.82) is 0 Å². The molecule has 2 aromatic heterocycles. The van der Waals surface area contributed by atoms with E-state index in [0.29, 0.717) is 11.7 Å². The van der Waals surface area contributed by atoms with Gasteiger partial charge in [-0.3, -0.25) is 0 Å². The van der Waals surface area contributed by atoms with Crippen molar-refractivity contribution in [3.05, 3.63) is 36.3 Å². The highest BCUT2D eigenvalue weighted by Crippen LogP contribution is 2.48. The Balaban J connectivity index is 1.97. The molecule has 1 fully saturated rings. The second-order valence-corrected chi connectivity index (χ2v) is 7.34. The van der Waals surface area contributed by atoms with E-state index in [2.05, 4.69) is 17.0 Å². The first-order chi connectivity index (χ1) is 10.3. The zero-order chi connectivity index (χ0) is 16.0. The van der Waals surface area contributed by atoms with Crippen LogP contribution in [-0.4, -0.2) is 30.3 Å². The molecule has 22 heavy (non-hydrogen) atoms. The van der Waals surface area contributed by atoms with Gasteiger partial charge in [-0.25, -0.2) is 23.2 Å². The molecule has 118 valence electrons. The monoisotopic (exact) mass is 322 g/mol. The molecule has 1 aliphatic carbocycles. The van der Waals surface area contributed by atoms with Crippen LogP contribution in [0.1, 0.15) is 25.3 Å². The summed E-state index contributed by atoms with van der Waals surface area (Å²) in [6, 6.07) is 3.79. The molecule has 2 aromatic rings. The molecule has 2 heterocycles. The third-order valence-electron chi connectivity index (χ3n) is 4.14. The number of methoxy groups -OCH3 is 1. The molecule has 0 spiro atoms. The molecular formula is C14H18N4O3S. The van der Waals surface area contributed by atoms with Crippen molar-refractivity contribution in [2.75, 3.05) is 7.11 Å². The molecule has 0 aromatic carbocycles. The Hall–Kier alpha value is -1.77. The van der Waals surface area contributed by atoms with Crippen molar-refractivity contribution >= 4 is 10.0 Å². The second-order valence-electron chi connectivity index (χ2n) is 5.78. The first-order valence-corrected chi connectivity index (χ1v) is 8.48. The standard InChI is InChI=1S/C14H18N4O3S/c1-10-6-14(7-10,21-2)11-3-4-16-13(5-11)18-9-12(8-17-18)22(15,19)20/h3-5,8-10H,6-7H2,1-2H3,(H2,15,19,20). The number of sulfonamides is 1. The van der Waals surface area contributed by atoms with Gasteiger partial charge in [-0.05, 0) is 36.5 Å². The van der Waals surface area contributed by atoms with Gasteiger partial charge in [-0.15, -0.1) is 0 Å². The van der Waals surface area contributed by atoms with Crippen LogP contribution in [-0.2, 0) is 20.4 Å². The average Bonchev–Trinajstić information content (AvgIpc) is 2.93. The molecule has 2 N–H and O–H groups in total. The van der Waals surface area contributed by atoms with E-state index >= 15 is 0 Å². The minimum Gasteiger partial charge on any atom is -0.374 e. The van der Waals surface area contributed by atoms with Gasteiger partial charge in [0, 0.05) is 13.3 Å². The summed E-state index contributed by atoms with van der Waals surface area (Å²) in [7, 11) is -2.06. The van der Waals surface area contributed by atoms with Crippen LogP contribution in [0.3, 0.4) is 0 Å². The van der Waals surface area contributed by atoms with E-state index in [4.69, 9.17) is 9.88 Å². The SMILES string of the molecule is COC1(c2ccnc(-n3cc(S(N)(=O)=O)cn3)c2)CC(C)C1. The van der Waals surface area contributed by atoms with Crippen LogP contribution in [0.15, 0.2) is 35.6 Å². The lowest BCUT2D eigenvalue weighted by atomic mass is 9.68. The maximum atomic E-state index is 11.3. The van der Waals surface area contributed by atoms with Gasteiger partial charge in [0.2, 0.25) is 10.0 Å². The lowest BCUT2D eigenvalue weighted by Crippen LogP contribution is -2.41. The highest BCUT2D eigenvalue weighted by Gasteiger charge is 2.44.